The highest BCUT2D eigenvalue weighted by atomic mass is 16.5. The van der Waals surface area contributed by atoms with Crippen molar-refractivity contribution in [2.24, 2.45) is 0 Å². The SMILES string of the molecule is CC(C)Oc1ccc(C(=O)OCc2cn3ccccc3n2)cc1. The zero-order valence-electron chi connectivity index (χ0n) is 13.1. The molecule has 0 radical (unpaired) electrons. The van der Waals surface area contributed by atoms with Crippen LogP contribution in [0.1, 0.15) is 29.9 Å². The lowest BCUT2D eigenvalue weighted by Gasteiger charge is -2.09. The summed E-state index contributed by atoms with van der Waals surface area (Å²) in [5.41, 5.74) is 2.03. The van der Waals surface area contributed by atoms with Gasteiger partial charge < -0.3 is 13.9 Å². The van der Waals surface area contributed by atoms with E-state index in [0.29, 0.717) is 11.3 Å². The van der Waals surface area contributed by atoms with Crippen LogP contribution in [0, 0.1) is 0 Å². The number of pyridine rings is 1. The van der Waals surface area contributed by atoms with Crippen molar-refractivity contribution in [1.29, 1.82) is 0 Å². The van der Waals surface area contributed by atoms with E-state index in [1.165, 1.54) is 0 Å². The van der Waals surface area contributed by atoms with Crippen LogP contribution in [0.3, 0.4) is 0 Å². The van der Waals surface area contributed by atoms with Gasteiger partial charge in [-0.1, -0.05) is 6.07 Å². The Kier molecular flexibility index (Phi) is 4.28. The average molecular weight is 310 g/mol. The van der Waals surface area contributed by atoms with Crippen molar-refractivity contribution < 1.29 is 14.3 Å². The topological polar surface area (TPSA) is 52.8 Å². The number of esters is 1. The molecule has 3 rings (SSSR count). The zero-order chi connectivity index (χ0) is 16.2. The fourth-order valence-corrected chi connectivity index (χ4v) is 2.22. The highest BCUT2D eigenvalue weighted by Gasteiger charge is 2.09. The molecule has 0 unspecified atom stereocenters. The number of imidazole rings is 1. The van der Waals surface area contributed by atoms with Crippen molar-refractivity contribution in [3.05, 3.63) is 66.1 Å². The molecule has 0 aliphatic carbocycles. The van der Waals surface area contributed by atoms with Crippen LogP contribution in [0.5, 0.6) is 5.75 Å². The molecule has 118 valence electrons. The van der Waals surface area contributed by atoms with Gasteiger partial charge in [0.05, 0.1) is 17.4 Å². The molecule has 0 saturated heterocycles. The summed E-state index contributed by atoms with van der Waals surface area (Å²) < 4.78 is 12.7. The molecule has 0 fully saturated rings. The lowest BCUT2D eigenvalue weighted by Crippen LogP contribution is -2.07. The van der Waals surface area contributed by atoms with Gasteiger partial charge in [0.1, 0.15) is 18.0 Å². The number of hydrogen-bond acceptors (Lipinski definition) is 4. The maximum Gasteiger partial charge on any atom is 0.338 e. The van der Waals surface area contributed by atoms with Crippen LogP contribution in [0.15, 0.2) is 54.9 Å². The summed E-state index contributed by atoms with van der Waals surface area (Å²) in [5, 5.41) is 0. The number of hydrogen-bond donors (Lipinski definition) is 0. The Hall–Kier alpha value is -2.82. The van der Waals surface area contributed by atoms with Crippen LogP contribution in [0.25, 0.3) is 5.65 Å². The van der Waals surface area contributed by atoms with Gasteiger partial charge in [-0.2, -0.15) is 0 Å². The number of carbonyl (C=O) groups excluding carboxylic acids is 1. The molecule has 0 bridgehead atoms. The molecule has 23 heavy (non-hydrogen) atoms. The van der Waals surface area contributed by atoms with E-state index in [4.69, 9.17) is 9.47 Å². The van der Waals surface area contributed by atoms with E-state index >= 15 is 0 Å². The van der Waals surface area contributed by atoms with Gasteiger partial charge in [-0.3, -0.25) is 0 Å². The van der Waals surface area contributed by atoms with E-state index in [2.05, 4.69) is 4.98 Å². The molecule has 0 saturated carbocycles. The smallest absolute Gasteiger partial charge is 0.338 e. The highest BCUT2D eigenvalue weighted by molar-refractivity contribution is 5.89. The Balaban J connectivity index is 1.62. The van der Waals surface area contributed by atoms with Gasteiger partial charge in [-0.25, -0.2) is 9.78 Å². The average Bonchev–Trinajstić information content (AvgIpc) is 2.95. The molecule has 1 aromatic carbocycles. The van der Waals surface area contributed by atoms with Crippen LogP contribution < -0.4 is 4.74 Å². The number of ether oxygens (including phenoxy) is 2. The summed E-state index contributed by atoms with van der Waals surface area (Å²) in [4.78, 5) is 16.5. The third-order valence-electron chi connectivity index (χ3n) is 3.23. The van der Waals surface area contributed by atoms with Gasteiger partial charge in [0.15, 0.2) is 0 Å². The second kappa shape index (κ2) is 6.52. The molecule has 5 heteroatoms. The van der Waals surface area contributed by atoms with Gasteiger partial charge in [0, 0.05) is 12.4 Å². The van der Waals surface area contributed by atoms with E-state index in [1.54, 1.807) is 24.3 Å². The monoisotopic (exact) mass is 310 g/mol. The molecule has 0 N–H and O–H groups in total. The number of benzene rings is 1. The van der Waals surface area contributed by atoms with Crippen LogP contribution in [-0.2, 0) is 11.3 Å². The number of carbonyl (C=O) groups is 1. The molecule has 2 heterocycles. The van der Waals surface area contributed by atoms with Gasteiger partial charge >= 0.3 is 5.97 Å². The second-order valence-corrected chi connectivity index (χ2v) is 5.47. The Bertz CT molecular complexity index is 774. The summed E-state index contributed by atoms with van der Waals surface area (Å²) in [6, 6.07) is 12.7. The summed E-state index contributed by atoms with van der Waals surface area (Å²) in [6.45, 7) is 4.05. The molecule has 2 aromatic heterocycles. The van der Waals surface area contributed by atoms with Crippen LogP contribution in [-0.4, -0.2) is 21.5 Å². The van der Waals surface area contributed by atoms with E-state index in [1.807, 2.05) is 48.8 Å². The fourth-order valence-electron chi connectivity index (χ4n) is 2.22. The van der Waals surface area contributed by atoms with E-state index < -0.39 is 0 Å². The van der Waals surface area contributed by atoms with Gasteiger partial charge in [-0.15, -0.1) is 0 Å². The van der Waals surface area contributed by atoms with Crippen molar-refractivity contribution in [2.75, 3.05) is 0 Å². The Labute approximate surface area is 134 Å². The zero-order valence-corrected chi connectivity index (χ0v) is 13.1. The van der Waals surface area contributed by atoms with Gasteiger partial charge in [-0.05, 0) is 50.2 Å². The van der Waals surface area contributed by atoms with Crippen molar-refractivity contribution in [1.82, 2.24) is 9.38 Å². The van der Waals surface area contributed by atoms with Crippen molar-refractivity contribution in [3.63, 3.8) is 0 Å². The first-order valence-electron chi connectivity index (χ1n) is 7.48. The van der Waals surface area contributed by atoms with Crippen LogP contribution in [0.4, 0.5) is 0 Å². The minimum atomic E-state index is -0.377. The Morgan fingerprint density at radius 1 is 1.17 bits per heavy atom. The minimum Gasteiger partial charge on any atom is -0.491 e. The van der Waals surface area contributed by atoms with Crippen molar-refractivity contribution >= 4 is 11.6 Å². The first-order valence-corrected chi connectivity index (χ1v) is 7.48. The number of aromatic nitrogens is 2. The molecule has 0 atom stereocenters. The molecule has 3 aromatic rings. The molecule has 0 aliphatic heterocycles. The third kappa shape index (κ3) is 3.69. The number of rotatable bonds is 5. The largest absolute Gasteiger partial charge is 0.491 e. The molecule has 5 nitrogen and oxygen atoms in total. The van der Waals surface area contributed by atoms with Crippen LogP contribution >= 0.6 is 0 Å². The summed E-state index contributed by atoms with van der Waals surface area (Å²) in [5.74, 6) is 0.357. The fraction of sp³-hybridized carbons (Fsp3) is 0.222. The lowest BCUT2D eigenvalue weighted by atomic mass is 10.2. The third-order valence-corrected chi connectivity index (χ3v) is 3.23. The summed E-state index contributed by atoms with van der Waals surface area (Å²) in [6.07, 6.45) is 3.85. The quantitative estimate of drug-likeness (QED) is 0.677. The predicted octanol–water partition coefficient (Wildman–Crippen LogP) is 3.48. The first-order chi connectivity index (χ1) is 11.1. The van der Waals surface area contributed by atoms with E-state index in [-0.39, 0.29) is 18.7 Å². The first kappa shape index (κ1) is 15.1. The van der Waals surface area contributed by atoms with E-state index in [0.717, 1.165) is 11.4 Å². The predicted molar refractivity (Wildman–Crippen MR) is 86.5 cm³/mol. The second-order valence-electron chi connectivity index (χ2n) is 5.47. The maximum absolute atomic E-state index is 12.1. The standard InChI is InChI=1S/C18H18N2O3/c1-13(2)23-16-8-6-14(7-9-16)18(21)22-12-15-11-20-10-4-3-5-17(20)19-15/h3-11,13H,12H2,1-2H3. The molecule has 0 aliphatic rings. The molecular formula is C18H18N2O3. The van der Waals surface area contributed by atoms with Crippen LogP contribution in [0.2, 0.25) is 0 Å². The van der Waals surface area contributed by atoms with E-state index in [9.17, 15) is 4.79 Å². The summed E-state index contributed by atoms with van der Waals surface area (Å²) >= 11 is 0. The Morgan fingerprint density at radius 2 is 1.96 bits per heavy atom. The van der Waals surface area contributed by atoms with Crippen molar-refractivity contribution in [3.8, 4) is 5.75 Å². The molecular weight excluding hydrogens is 292 g/mol. The van der Waals surface area contributed by atoms with Gasteiger partial charge in [0.2, 0.25) is 0 Å². The number of nitrogens with zero attached hydrogens (tertiary/aromatic N) is 2. The maximum atomic E-state index is 12.1. The number of fused-ring (bicyclic) bond motifs is 1. The highest BCUT2D eigenvalue weighted by Crippen LogP contribution is 2.15. The molecule has 0 spiro atoms. The Morgan fingerprint density at radius 3 is 2.65 bits per heavy atom. The summed E-state index contributed by atoms with van der Waals surface area (Å²) in [7, 11) is 0. The minimum absolute atomic E-state index is 0.0999. The lowest BCUT2D eigenvalue weighted by molar-refractivity contribution is 0.0468. The van der Waals surface area contributed by atoms with Crippen molar-refractivity contribution in [2.45, 2.75) is 26.6 Å². The van der Waals surface area contributed by atoms with Gasteiger partial charge in [0.25, 0.3) is 0 Å². The normalized spacial score (nSPS) is 10.9. The molecule has 0 amide bonds.